The molecule has 2 bridgehead atoms. The number of benzene rings is 1. The van der Waals surface area contributed by atoms with Crippen LogP contribution in [-0.4, -0.2) is 48.7 Å². The summed E-state index contributed by atoms with van der Waals surface area (Å²) in [5.74, 6) is 1.42. The van der Waals surface area contributed by atoms with Crippen LogP contribution in [0.4, 0.5) is 0 Å². The molecule has 4 atom stereocenters. The van der Waals surface area contributed by atoms with Gasteiger partial charge in [0.1, 0.15) is 0 Å². The highest BCUT2D eigenvalue weighted by Crippen LogP contribution is 2.42. The number of nitrogens with zero attached hydrogens (tertiary/aromatic N) is 1. The maximum Gasteiger partial charge on any atom is 0.223 e. The molecule has 1 saturated heterocycles. The lowest BCUT2D eigenvalue weighted by molar-refractivity contribution is -0.131. The van der Waals surface area contributed by atoms with Crippen molar-refractivity contribution >= 4 is 30.7 Å². The quantitative estimate of drug-likeness (QED) is 0.662. The van der Waals surface area contributed by atoms with E-state index in [9.17, 15) is 4.79 Å². The zero-order valence-corrected chi connectivity index (χ0v) is 20.2. The molecule has 2 aliphatic carbocycles. The van der Waals surface area contributed by atoms with Crippen LogP contribution in [0.5, 0.6) is 0 Å². The molecule has 1 heterocycles. The number of carbonyl (C=O) groups is 1. The van der Waals surface area contributed by atoms with Crippen LogP contribution >= 0.6 is 24.8 Å². The lowest BCUT2D eigenvalue weighted by Gasteiger charge is -2.44. The van der Waals surface area contributed by atoms with Crippen LogP contribution in [0.3, 0.4) is 0 Å². The molecular formula is C24H39Cl2N3O2. The molecule has 3 N–H and O–H groups in total. The summed E-state index contributed by atoms with van der Waals surface area (Å²) in [4.78, 5) is 15.5. The van der Waals surface area contributed by atoms with E-state index in [-0.39, 0.29) is 48.8 Å². The number of hydrogen-bond donors (Lipinski definition) is 2. The van der Waals surface area contributed by atoms with Crippen LogP contribution < -0.4 is 11.1 Å². The maximum atomic E-state index is 13.1. The first kappa shape index (κ1) is 26.4. The summed E-state index contributed by atoms with van der Waals surface area (Å²) < 4.78 is 6.10. The van der Waals surface area contributed by atoms with Crippen molar-refractivity contribution in [3.05, 3.63) is 35.9 Å². The molecule has 4 unspecified atom stereocenters. The van der Waals surface area contributed by atoms with E-state index in [4.69, 9.17) is 10.5 Å². The monoisotopic (exact) mass is 471 g/mol. The van der Waals surface area contributed by atoms with Crippen LogP contribution in [0.1, 0.15) is 51.0 Å². The van der Waals surface area contributed by atoms with Crippen molar-refractivity contribution in [1.82, 2.24) is 10.2 Å². The Morgan fingerprint density at radius 2 is 1.87 bits per heavy atom. The summed E-state index contributed by atoms with van der Waals surface area (Å²) in [5.41, 5.74) is 7.74. The molecule has 1 aromatic carbocycles. The Kier molecular flexibility index (Phi) is 10.6. The van der Waals surface area contributed by atoms with E-state index in [0.29, 0.717) is 17.9 Å². The van der Waals surface area contributed by atoms with Gasteiger partial charge in [-0.1, -0.05) is 43.7 Å². The molecule has 5 nitrogen and oxygen atoms in total. The average molecular weight is 473 g/mol. The minimum absolute atomic E-state index is 0. The van der Waals surface area contributed by atoms with Gasteiger partial charge in [-0.2, -0.15) is 0 Å². The lowest BCUT2D eigenvalue weighted by atomic mass is 9.65. The van der Waals surface area contributed by atoms with Gasteiger partial charge in [0, 0.05) is 31.6 Å². The van der Waals surface area contributed by atoms with Gasteiger partial charge in [-0.25, -0.2) is 0 Å². The number of carbonyl (C=O) groups excluding carboxylic acids is 1. The summed E-state index contributed by atoms with van der Waals surface area (Å²) in [6.45, 7) is 5.63. The van der Waals surface area contributed by atoms with E-state index in [1.54, 1.807) is 0 Å². The molecule has 3 fully saturated rings. The van der Waals surface area contributed by atoms with Gasteiger partial charge in [0.2, 0.25) is 5.91 Å². The van der Waals surface area contributed by atoms with E-state index in [1.807, 2.05) is 0 Å². The van der Waals surface area contributed by atoms with Gasteiger partial charge in [0.15, 0.2) is 0 Å². The number of morpholine rings is 1. The molecule has 1 aromatic rings. The largest absolute Gasteiger partial charge is 0.373 e. The fourth-order valence-corrected chi connectivity index (χ4v) is 5.72. The van der Waals surface area contributed by atoms with Crippen LogP contribution in [0.15, 0.2) is 30.3 Å². The van der Waals surface area contributed by atoms with Gasteiger partial charge in [0.05, 0.1) is 18.8 Å². The predicted molar refractivity (Wildman–Crippen MR) is 130 cm³/mol. The number of hydrogen-bond acceptors (Lipinski definition) is 4. The topological polar surface area (TPSA) is 67.6 Å². The minimum Gasteiger partial charge on any atom is -0.373 e. The Balaban J connectivity index is 0.00000171. The molecular weight excluding hydrogens is 433 g/mol. The predicted octanol–water partition coefficient (Wildman–Crippen LogP) is 3.78. The molecule has 0 radical (unpaired) electrons. The third kappa shape index (κ3) is 6.58. The Hall–Kier alpha value is -0.850. The van der Waals surface area contributed by atoms with Crippen LogP contribution in [-0.2, 0) is 16.1 Å². The van der Waals surface area contributed by atoms with Crippen molar-refractivity contribution in [2.24, 2.45) is 23.5 Å². The highest BCUT2D eigenvalue weighted by Gasteiger charge is 2.41. The molecule has 0 spiro atoms. The average Bonchev–Trinajstić information content (AvgIpc) is 2.72. The molecule has 176 valence electrons. The number of rotatable bonds is 6. The SMILES string of the molecule is CCC(NC(=O)C1CC2CCCC(C1)C2N)C1CN(Cc2ccccc2)CCO1.Cl.Cl. The second kappa shape index (κ2) is 12.4. The fourth-order valence-electron chi connectivity index (χ4n) is 5.72. The maximum absolute atomic E-state index is 13.1. The highest BCUT2D eigenvalue weighted by atomic mass is 35.5. The number of fused-ring (bicyclic) bond motifs is 2. The van der Waals surface area contributed by atoms with Crippen LogP contribution in [0, 0.1) is 17.8 Å². The van der Waals surface area contributed by atoms with E-state index in [2.05, 4.69) is 47.5 Å². The molecule has 1 aliphatic heterocycles. The standard InChI is InChI=1S/C24H37N3O2.2ClH/c1-2-21(22-16-27(11-12-29-22)15-17-7-4-3-5-8-17)26-24(28)20-13-18-9-6-10-19(14-20)23(18)25;;/h3-5,7-8,18-23H,2,6,9-16,25H2,1H3,(H,26,28);2*1H. The molecule has 0 aromatic heterocycles. The minimum atomic E-state index is 0. The highest BCUT2D eigenvalue weighted by molar-refractivity contribution is 5.85. The molecule has 31 heavy (non-hydrogen) atoms. The number of nitrogens with two attached hydrogens (primary N) is 1. The second-order valence-corrected chi connectivity index (χ2v) is 9.35. The third-order valence-electron chi connectivity index (χ3n) is 7.43. The van der Waals surface area contributed by atoms with Crippen molar-refractivity contribution in [2.45, 2.75) is 70.2 Å². The number of halogens is 2. The molecule has 3 aliphatic rings. The Morgan fingerprint density at radius 3 is 2.52 bits per heavy atom. The van der Waals surface area contributed by atoms with Crippen molar-refractivity contribution in [3.63, 3.8) is 0 Å². The summed E-state index contributed by atoms with van der Waals surface area (Å²) >= 11 is 0. The van der Waals surface area contributed by atoms with Crippen LogP contribution in [0.2, 0.25) is 0 Å². The summed E-state index contributed by atoms with van der Waals surface area (Å²) in [7, 11) is 0. The number of ether oxygens (including phenoxy) is 1. The molecule has 1 amide bonds. The van der Waals surface area contributed by atoms with Crippen LogP contribution in [0.25, 0.3) is 0 Å². The normalized spacial score (nSPS) is 31.6. The summed E-state index contributed by atoms with van der Waals surface area (Å²) in [6, 6.07) is 11.0. The van der Waals surface area contributed by atoms with Gasteiger partial charge in [-0.15, -0.1) is 24.8 Å². The Bertz CT molecular complexity index is 664. The first-order chi connectivity index (χ1) is 14.1. The van der Waals surface area contributed by atoms with Crippen molar-refractivity contribution in [1.29, 1.82) is 0 Å². The Morgan fingerprint density at radius 1 is 1.19 bits per heavy atom. The number of amides is 1. The van der Waals surface area contributed by atoms with Gasteiger partial charge < -0.3 is 15.8 Å². The van der Waals surface area contributed by atoms with Crippen molar-refractivity contribution < 1.29 is 9.53 Å². The first-order valence-corrected chi connectivity index (χ1v) is 11.6. The van der Waals surface area contributed by atoms with Gasteiger partial charge in [0.25, 0.3) is 0 Å². The third-order valence-corrected chi connectivity index (χ3v) is 7.43. The van der Waals surface area contributed by atoms with Crippen molar-refractivity contribution in [3.8, 4) is 0 Å². The van der Waals surface area contributed by atoms with Crippen molar-refractivity contribution in [2.75, 3.05) is 19.7 Å². The first-order valence-electron chi connectivity index (χ1n) is 11.6. The van der Waals surface area contributed by atoms with E-state index >= 15 is 0 Å². The Labute approximate surface area is 199 Å². The van der Waals surface area contributed by atoms with E-state index < -0.39 is 0 Å². The molecule has 7 heteroatoms. The molecule has 2 saturated carbocycles. The fraction of sp³-hybridized carbons (Fsp3) is 0.708. The zero-order chi connectivity index (χ0) is 20.2. The van der Waals surface area contributed by atoms with Gasteiger partial charge in [-0.3, -0.25) is 9.69 Å². The smallest absolute Gasteiger partial charge is 0.223 e. The van der Waals surface area contributed by atoms with Gasteiger partial charge >= 0.3 is 0 Å². The number of nitrogens with one attached hydrogen (secondary N) is 1. The summed E-state index contributed by atoms with van der Waals surface area (Å²) in [6.07, 6.45) is 6.55. The zero-order valence-electron chi connectivity index (χ0n) is 18.6. The molecule has 4 rings (SSSR count). The summed E-state index contributed by atoms with van der Waals surface area (Å²) in [5, 5.41) is 3.36. The second-order valence-electron chi connectivity index (χ2n) is 9.35. The lowest BCUT2D eigenvalue weighted by Crippen LogP contribution is -2.55. The van der Waals surface area contributed by atoms with E-state index in [1.165, 1.54) is 24.8 Å². The van der Waals surface area contributed by atoms with Gasteiger partial charge in [-0.05, 0) is 49.5 Å². The van der Waals surface area contributed by atoms with E-state index in [0.717, 1.165) is 45.5 Å².